The summed E-state index contributed by atoms with van der Waals surface area (Å²) in [4.78, 5) is 39.5. The maximum absolute atomic E-state index is 13.0. The SMILES string of the molecule is COCCn1c(C)cc(C(=O)CN2C(=O)N[C@]3(CCCC[C@@H]3C)C2=O)c1C. The number of methoxy groups -OCH3 is 1. The first-order chi connectivity index (χ1) is 12.8. The van der Waals surface area contributed by atoms with Crippen LogP contribution in [0, 0.1) is 19.8 Å². The molecule has 3 rings (SSSR count). The number of hydrogen-bond donors (Lipinski definition) is 1. The molecular weight excluding hydrogens is 346 g/mol. The fourth-order valence-corrected chi connectivity index (χ4v) is 4.48. The second-order valence-electron chi connectivity index (χ2n) is 7.79. The number of Topliss-reactive ketones (excluding diaryl/α,β-unsaturated/α-hetero) is 1. The Morgan fingerprint density at radius 3 is 2.74 bits per heavy atom. The van der Waals surface area contributed by atoms with E-state index in [1.54, 1.807) is 7.11 Å². The molecular formula is C20H29N3O4. The first-order valence-electron chi connectivity index (χ1n) is 9.64. The van der Waals surface area contributed by atoms with Gasteiger partial charge in [0.15, 0.2) is 5.78 Å². The number of carbonyl (C=O) groups excluding carboxylic acids is 3. The monoisotopic (exact) mass is 375 g/mol. The second-order valence-corrected chi connectivity index (χ2v) is 7.79. The molecule has 0 bridgehead atoms. The molecule has 0 unspecified atom stereocenters. The van der Waals surface area contributed by atoms with Gasteiger partial charge in [-0.25, -0.2) is 4.79 Å². The summed E-state index contributed by atoms with van der Waals surface area (Å²) in [5.74, 6) is -0.376. The Morgan fingerprint density at radius 1 is 1.33 bits per heavy atom. The fourth-order valence-electron chi connectivity index (χ4n) is 4.48. The highest BCUT2D eigenvalue weighted by atomic mass is 16.5. The number of nitrogens with zero attached hydrogens (tertiary/aromatic N) is 2. The summed E-state index contributed by atoms with van der Waals surface area (Å²) in [5.41, 5.74) is 1.52. The molecule has 7 nitrogen and oxygen atoms in total. The van der Waals surface area contributed by atoms with Crippen LogP contribution in [0.2, 0.25) is 0 Å². The summed E-state index contributed by atoms with van der Waals surface area (Å²) < 4.78 is 7.14. The Morgan fingerprint density at radius 2 is 2.07 bits per heavy atom. The molecule has 1 aliphatic heterocycles. The number of amides is 3. The van der Waals surface area contributed by atoms with Crippen LogP contribution in [-0.4, -0.2) is 53.0 Å². The van der Waals surface area contributed by atoms with Crippen molar-refractivity contribution < 1.29 is 19.1 Å². The van der Waals surface area contributed by atoms with Gasteiger partial charge in [0.25, 0.3) is 5.91 Å². The molecule has 1 N–H and O–H groups in total. The molecule has 27 heavy (non-hydrogen) atoms. The van der Waals surface area contributed by atoms with Crippen molar-refractivity contribution in [2.24, 2.45) is 5.92 Å². The van der Waals surface area contributed by atoms with E-state index in [1.807, 2.05) is 31.4 Å². The number of hydrogen-bond acceptors (Lipinski definition) is 4. The Hall–Kier alpha value is -2.15. The van der Waals surface area contributed by atoms with E-state index in [-0.39, 0.29) is 24.2 Å². The minimum Gasteiger partial charge on any atom is -0.383 e. The molecule has 3 amide bonds. The van der Waals surface area contributed by atoms with Gasteiger partial charge in [-0.2, -0.15) is 0 Å². The molecule has 0 aromatic carbocycles. The van der Waals surface area contributed by atoms with Crippen molar-refractivity contribution in [2.45, 2.75) is 58.5 Å². The zero-order chi connectivity index (χ0) is 19.8. The van der Waals surface area contributed by atoms with Gasteiger partial charge in [-0.3, -0.25) is 14.5 Å². The molecule has 2 heterocycles. The van der Waals surface area contributed by atoms with Gasteiger partial charge in [0.2, 0.25) is 0 Å². The molecule has 2 aliphatic rings. The summed E-state index contributed by atoms with van der Waals surface area (Å²) in [6, 6.07) is 1.38. The van der Waals surface area contributed by atoms with E-state index in [4.69, 9.17) is 4.74 Å². The number of imide groups is 1. The standard InChI is InChI=1S/C20H29N3O4/c1-13-7-5-6-8-20(13)18(25)23(19(26)21-20)12-17(24)16-11-14(2)22(15(16)3)9-10-27-4/h11,13H,5-10,12H2,1-4H3,(H,21,26)/t13-,20-/m0/s1. The van der Waals surface area contributed by atoms with Crippen molar-refractivity contribution in [1.29, 1.82) is 0 Å². The van der Waals surface area contributed by atoms with Crippen LogP contribution in [0.15, 0.2) is 6.07 Å². The molecule has 7 heteroatoms. The largest absolute Gasteiger partial charge is 0.383 e. The van der Waals surface area contributed by atoms with Crippen molar-refractivity contribution in [3.05, 3.63) is 23.0 Å². The van der Waals surface area contributed by atoms with Crippen molar-refractivity contribution in [2.75, 3.05) is 20.3 Å². The van der Waals surface area contributed by atoms with Gasteiger partial charge in [-0.05, 0) is 38.7 Å². The normalized spacial score (nSPS) is 25.3. The lowest BCUT2D eigenvalue weighted by molar-refractivity contribution is -0.133. The molecule has 148 valence electrons. The molecule has 1 saturated heterocycles. The number of ketones is 1. The van der Waals surface area contributed by atoms with Crippen LogP contribution in [0.25, 0.3) is 0 Å². The van der Waals surface area contributed by atoms with Crippen LogP contribution in [-0.2, 0) is 16.1 Å². The molecule has 1 aromatic heterocycles. The van der Waals surface area contributed by atoms with E-state index in [0.29, 0.717) is 25.1 Å². The number of rotatable bonds is 6. The van der Waals surface area contributed by atoms with E-state index in [1.165, 1.54) is 0 Å². The van der Waals surface area contributed by atoms with E-state index in [2.05, 4.69) is 5.32 Å². The van der Waals surface area contributed by atoms with E-state index in [0.717, 1.165) is 35.6 Å². The van der Waals surface area contributed by atoms with Gasteiger partial charge in [0.1, 0.15) is 5.54 Å². The third-order valence-corrected chi connectivity index (χ3v) is 6.20. The van der Waals surface area contributed by atoms with Gasteiger partial charge >= 0.3 is 6.03 Å². The van der Waals surface area contributed by atoms with E-state index >= 15 is 0 Å². The van der Waals surface area contributed by atoms with Crippen LogP contribution in [0.3, 0.4) is 0 Å². The Labute approximate surface area is 160 Å². The molecule has 2 atom stereocenters. The first kappa shape index (κ1) is 19.6. The van der Waals surface area contributed by atoms with Crippen LogP contribution >= 0.6 is 0 Å². The number of urea groups is 1. The summed E-state index contributed by atoms with van der Waals surface area (Å²) in [6.07, 6.45) is 3.54. The zero-order valence-electron chi connectivity index (χ0n) is 16.6. The predicted octanol–water partition coefficient (Wildman–Crippen LogP) is 2.43. The van der Waals surface area contributed by atoms with Gasteiger partial charge < -0.3 is 14.6 Å². The van der Waals surface area contributed by atoms with Crippen molar-refractivity contribution in [1.82, 2.24) is 14.8 Å². The van der Waals surface area contributed by atoms with E-state index in [9.17, 15) is 14.4 Å². The Bertz CT molecular complexity index is 770. The number of carbonyl (C=O) groups is 3. The maximum Gasteiger partial charge on any atom is 0.325 e. The molecule has 1 aromatic rings. The maximum atomic E-state index is 13.0. The first-order valence-corrected chi connectivity index (χ1v) is 9.64. The lowest BCUT2D eigenvalue weighted by atomic mass is 9.73. The number of aromatic nitrogens is 1. The molecule has 1 spiro atoms. The second kappa shape index (κ2) is 7.46. The summed E-state index contributed by atoms with van der Waals surface area (Å²) >= 11 is 0. The summed E-state index contributed by atoms with van der Waals surface area (Å²) in [6.45, 7) is 6.82. The number of ether oxygens (including phenoxy) is 1. The molecule has 1 aliphatic carbocycles. The van der Waals surface area contributed by atoms with Gasteiger partial charge in [0.05, 0.1) is 13.2 Å². The zero-order valence-corrected chi connectivity index (χ0v) is 16.6. The number of nitrogens with one attached hydrogen (secondary N) is 1. The van der Waals surface area contributed by atoms with E-state index < -0.39 is 11.6 Å². The van der Waals surface area contributed by atoms with Crippen molar-refractivity contribution in [3.63, 3.8) is 0 Å². The number of aryl methyl sites for hydroxylation is 1. The lowest BCUT2D eigenvalue weighted by Gasteiger charge is -2.36. The molecule has 2 fully saturated rings. The minimum atomic E-state index is -0.828. The van der Waals surface area contributed by atoms with Crippen molar-refractivity contribution in [3.8, 4) is 0 Å². The average molecular weight is 375 g/mol. The molecule has 1 saturated carbocycles. The smallest absolute Gasteiger partial charge is 0.325 e. The van der Waals surface area contributed by atoms with Gasteiger partial charge in [-0.1, -0.05) is 19.8 Å². The van der Waals surface area contributed by atoms with Crippen LogP contribution in [0.4, 0.5) is 4.79 Å². The third-order valence-electron chi connectivity index (χ3n) is 6.20. The van der Waals surface area contributed by atoms with Gasteiger partial charge in [-0.15, -0.1) is 0 Å². The van der Waals surface area contributed by atoms with Gasteiger partial charge in [0, 0.05) is 30.6 Å². The van der Waals surface area contributed by atoms with Crippen molar-refractivity contribution >= 4 is 17.7 Å². The molecule has 0 radical (unpaired) electrons. The average Bonchev–Trinajstić information content (AvgIpc) is 3.04. The highest BCUT2D eigenvalue weighted by Gasteiger charge is 2.55. The third kappa shape index (κ3) is 3.29. The van der Waals surface area contributed by atoms with Crippen LogP contribution in [0.1, 0.15) is 54.4 Å². The van der Waals surface area contributed by atoms with Crippen LogP contribution in [0.5, 0.6) is 0 Å². The summed E-state index contributed by atoms with van der Waals surface area (Å²) in [5, 5.41) is 2.90. The highest BCUT2D eigenvalue weighted by molar-refractivity contribution is 6.11. The highest BCUT2D eigenvalue weighted by Crippen LogP contribution is 2.38. The predicted molar refractivity (Wildman–Crippen MR) is 101 cm³/mol. The summed E-state index contributed by atoms with van der Waals surface area (Å²) in [7, 11) is 1.64. The Balaban J connectivity index is 1.78. The minimum absolute atomic E-state index is 0.0851. The Kier molecular flexibility index (Phi) is 5.42. The quantitative estimate of drug-likeness (QED) is 0.612. The lowest BCUT2D eigenvalue weighted by Crippen LogP contribution is -2.54. The van der Waals surface area contributed by atoms with Crippen LogP contribution < -0.4 is 5.32 Å². The fraction of sp³-hybridized carbons (Fsp3) is 0.650. The topological polar surface area (TPSA) is 80.6 Å².